The first-order chi connectivity index (χ1) is 8.79. The molecule has 1 nitrogen and oxygen atoms in total. The van der Waals surface area contributed by atoms with Crippen LogP contribution in [0.1, 0.15) is 51.5 Å². The van der Waals surface area contributed by atoms with Gasteiger partial charge in [0.15, 0.2) is 0 Å². The first kappa shape index (κ1) is 14.1. The van der Waals surface area contributed by atoms with Crippen molar-refractivity contribution in [3.63, 3.8) is 0 Å². The normalized spacial score (nSPS) is 26.1. The van der Waals surface area contributed by atoms with E-state index in [4.69, 9.17) is 0 Å². The maximum absolute atomic E-state index is 3.80. The average Bonchev–Trinajstić information content (AvgIpc) is 2.88. The Hall–Kier alpha value is -0.340. The van der Waals surface area contributed by atoms with E-state index in [1.807, 2.05) is 11.3 Å². The van der Waals surface area contributed by atoms with Crippen molar-refractivity contribution in [3.8, 4) is 0 Å². The van der Waals surface area contributed by atoms with E-state index in [9.17, 15) is 0 Å². The van der Waals surface area contributed by atoms with Gasteiger partial charge in [-0.2, -0.15) is 11.3 Å². The molecule has 1 unspecified atom stereocenters. The summed E-state index contributed by atoms with van der Waals surface area (Å²) in [5.41, 5.74) is 1.52. The van der Waals surface area contributed by atoms with Gasteiger partial charge in [-0.15, -0.1) is 0 Å². The molecule has 0 spiro atoms. The molecule has 1 aromatic heterocycles. The molecule has 18 heavy (non-hydrogen) atoms. The summed E-state index contributed by atoms with van der Waals surface area (Å²) in [5, 5.41) is 8.31. The molecule has 2 rings (SSSR count). The molecule has 1 aliphatic carbocycles. The van der Waals surface area contributed by atoms with Crippen molar-refractivity contribution in [1.82, 2.24) is 5.32 Å². The average molecular weight is 265 g/mol. The van der Waals surface area contributed by atoms with Gasteiger partial charge in [-0.05, 0) is 66.5 Å². The Labute approximate surface area is 116 Å². The van der Waals surface area contributed by atoms with Crippen LogP contribution in [-0.2, 0) is 6.42 Å². The fourth-order valence-electron chi connectivity index (χ4n) is 3.09. The molecule has 1 atom stereocenters. The SMILES string of the molecule is CCCNC(Cc1ccsc1)C1CCC(C)CC1. The van der Waals surface area contributed by atoms with Crippen LogP contribution in [-0.4, -0.2) is 12.6 Å². The fraction of sp³-hybridized carbons (Fsp3) is 0.750. The monoisotopic (exact) mass is 265 g/mol. The Kier molecular flexibility index (Phi) is 5.71. The van der Waals surface area contributed by atoms with Crippen LogP contribution in [0.4, 0.5) is 0 Å². The van der Waals surface area contributed by atoms with Crippen LogP contribution in [0.25, 0.3) is 0 Å². The van der Waals surface area contributed by atoms with Gasteiger partial charge in [0.05, 0.1) is 0 Å². The second-order valence-electron chi connectivity index (χ2n) is 5.92. The molecule has 0 aliphatic heterocycles. The van der Waals surface area contributed by atoms with Crippen LogP contribution in [0.5, 0.6) is 0 Å². The predicted molar refractivity (Wildman–Crippen MR) is 81.2 cm³/mol. The zero-order chi connectivity index (χ0) is 12.8. The highest BCUT2D eigenvalue weighted by Crippen LogP contribution is 2.31. The van der Waals surface area contributed by atoms with Crippen molar-refractivity contribution in [2.45, 2.75) is 58.4 Å². The van der Waals surface area contributed by atoms with Gasteiger partial charge < -0.3 is 5.32 Å². The van der Waals surface area contributed by atoms with Gasteiger partial charge in [0.1, 0.15) is 0 Å². The maximum atomic E-state index is 3.80. The topological polar surface area (TPSA) is 12.0 Å². The van der Waals surface area contributed by atoms with E-state index in [0.29, 0.717) is 6.04 Å². The number of thiophene rings is 1. The summed E-state index contributed by atoms with van der Waals surface area (Å²) in [6, 6.07) is 2.99. The lowest BCUT2D eigenvalue weighted by molar-refractivity contribution is 0.229. The number of hydrogen-bond acceptors (Lipinski definition) is 2. The lowest BCUT2D eigenvalue weighted by Crippen LogP contribution is -2.40. The molecule has 0 saturated heterocycles. The lowest BCUT2D eigenvalue weighted by Gasteiger charge is -2.33. The van der Waals surface area contributed by atoms with Crippen molar-refractivity contribution in [2.24, 2.45) is 11.8 Å². The van der Waals surface area contributed by atoms with Crippen molar-refractivity contribution < 1.29 is 0 Å². The van der Waals surface area contributed by atoms with Gasteiger partial charge in [0.25, 0.3) is 0 Å². The van der Waals surface area contributed by atoms with Crippen LogP contribution in [0.2, 0.25) is 0 Å². The molecule has 0 aromatic carbocycles. The highest BCUT2D eigenvalue weighted by molar-refractivity contribution is 7.07. The Morgan fingerprint density at radius 3 is 2.72 bits per heavy atom. The van der Waals surface area contributed by atoms with Gasteiger partial charge >= 0.3 is 0 Å². The summed E-state index contributed by atoms with van der Waals surface area (Å²) in [7, 11) is 0. The second kappa shape index (κ2) is 7.30. The Balaban J connectivity index is 1.91. The van der Waals surface area contributed by atoms with Crippen molar-refractivity contribution in [3.05, 3.63) is 22.4 Å². The molecule has 2 heteroatoms. The fourth-order valence-corrected chi connectivity index (χ4v) is 3.77. The van der Waals surface area contributed by atoms with E-state index in [1.165, 1.54) is 50.6 Å². The van der Waals surface area contributed by atoms with Gasteiger partial charge in [0.2, 0.25) is 0 Å². The number of hydrogen-bond donors (Lipinski definition) is 1. The first-order valence-electron chi connectivity index (χ1n) is 7.54. The zero-order valence-corrected chi connectivity index (χ0v) is 12.6. The Bertz CT molecular complexity index is 312. The van der Waals surface area contributed by atoms with Crippen LogP contribution < -0.4 is 5.32 Å². The van der Waals surface area contributed by atoms with Crippen LogP contribution >= 0.6 is 11.3 Å². The smallest absolute Gasteiger partial charge is 0.0136 e. The molecule has 1 aromatic rings. The number of rotatable bonds is 6. The summed E-state index contributed by atoms with van der Waals surface area (Å²) < 4.78 is 0. The van der Waals surface area contributed by atoms with Crippen molar-refractivity contribution in [2.75, 3.05) is 6.54 Å². The minimum atomic E-state index is 0.701. The molecule has 1 aliphatic rings. The zero-order valence-electron chi connectivity index (χ0n) is 11.8. The minimum absolute atomic E-state index is 0.701. The third kappa shape index (κ3) is 4.10. The molecule has 0 radical (unpaired) electrons. The van der Waals surface area contributed by atoms with Crippen molar-refractivity contribution in [1.29, 1.82) is 0 Å². The summed E-state index contributed by atoms with van der Waals surface area (Å²) in [6.45, 7) is 5.84. The largest absolute Gasteiger partial charge is 0.313 e. The molecule has 0 amide bonds. The minimum Gasteiger partial charge on any atom is -0.313 e. The summed E-state index contributed by atoms with van der Waals surface area (Å²) >= 11 is 1.82. The summed E-state index contributed by atoms with van der Waals surface area (Å²) in [4.78, 5) is 0. The van der Waals surface area contributed by atoms with Gasteiger partial charge in [-0.1, -0.05) is 26.7 Å². The van der Waals surface area contributed by atoms with Gasteiger partial charge in [-0.3, -0.25) is 0 Å². The molecular formula is C16H27NS. The third-order valence-corrected chi connectivity index (χ3v) is 5.05. The number of nitrogens with one attached hydrogen (secondary N) is 1. The van der Waals surface area contributed by atoms with Crippen LogP contribution in [0.15, 0.2) is 16.8 Å². The highest BCUT2D eigenvalue weighted by atomic mass is 32.1. The van der Waals surface area contributed by atoms with Gasteiger partial charge in [-0.25, -0.2) is 0 Å². The van der Waals surface area contributed by atoms with E-state index < -0.39 is 0 Å². The quantitative estimate of drug-likeness (QED) is 0.799. The molecular weight excluding hydrogens is 238 g/mol. The molecule has 1 saturated carbocycles. The molecule has 102 valence electrons. The predicted octanol–water partition coefficient (Wildman–Crippen LogP) is 4.49. The third-order valence-electron chi connectivity index (χ3n) is 4.32. The van der Waals surface area contributed by atoms with E-state index in [0.717, 1.165) is 11.8 Å². The van der Waals surface area contributed by atoms with Crippen molar-refractivity contribution >= 4 is 11.3 Å². The molecule has 1 heterocycles. The van der Waals surface area contributed by atoms with E-state index in [-0.39, 0.29) is 0 Å². The van der Waals surface area contributed by atoms with E-state index in [1.54, 1.807) is 0 Å². The Morgan fingerprint density at radius 1 is 1.33 bits per heavy atom. The second-order valence-corrected chi connectivity index (χ2v) is 6.70. The summed E-state index contributed by atoms with van der Waals surface area (Å²) in [5.74, 6) is 1.85. The Morgan fingerprint density at radius 2 is 2.11 bits per heavy atom. The lowest BCUT2D eigenvalue weighted by atomic mass is 9.78. The van der Waals surface area contributed by atoms with Crippen LogP contribution in [0.3, 0.4) is 0 Å². The van der Waals surface area contributed by atoms with E-state index >= 15 is 0 Å². The standard InChI is InChI=1S/C16H27NS/c1-3-9-17-16(11-14-8-10-18-12-14)15-6-4-13(2)5-7-15/h8,10,12-13,15-17H,3-7,9,11H2,1-2H3. The van der Waals surface area contributed by atoms with Gasteiger partial charge in [0, 0.05) is 6.04 Å². The molecule has 1 fully saturated rings. The molecule has 0 bridgehead atoms. The molecule has 1 N–H and O–H groups in total. The van der Waals surface area contributed by atoms with E-state index in [2.05, 4.69) is 36.0 Å². The maximum Gasteiger partial charge on any atom is 0.0136 e. The first-order valence-corrected chi connectivity index (χ1v) is 8.48. The van der Waals surface area contributed by atoms with Crippen LogP contribution in [0, 0.1) is 11.8 Å². The summed E-state index contributed by atoms with van der Waals surface area (Å²) in [6.07, 6.45) is 8.17. The highest BCUT2D eigenvalue weighted by Gasteiger charge is 2.25.